The second-order valence-corrected chi connectivity index (χ2v) is 4.06. The third kappa shape index (κ3) is 2.81. The van der Waals surface area contributed by atoms with Gasteiger partial charge in [-0.2, -0.15) is 13.2 Å². The topological polar surface area (TPSA) is 25.8 Å². The number of rotatable bonds is 2. The number of hydrogen-bond acceptors (Lipinski definition) is 2. The maximum Gasteiger partial charge on any atom is 0.433 e. The maximum absolute atomic E-state index is 12.6. The van der Waals surface area contributed by atoms with Crippen LogP contribution in [0.2, 0.25) is 0 Å². The normalized spacial score (nSPS) is 11.4. The standard InChI is InChI=1S/C14H11F3N2/c1-3-11-6-9(2)12(8-19-11)10-4-5-18-13(7-10)14(15,16)17/h3-8H,1H2,2H3. The Kier molecular flexibility index (Phi) is 3.38. The molecule has 0 aromatic carbocycles. The number of alkyl halides is 3. The predicted molar refractivity (Wildman–Crippen MR) is 67.3 cm³/mol. The monoisotopic (exact) mass is 264 g/mol. The summed E-state index contributed by atoms with van der Waals surface area (Å²) >= 11 is 0. The Hall–Kier alpha value is -2.17. The molecule has 98 valence electrons. The van der Waals surface area contributed by atoms with Gasteiger partial charge in [-0.15, -0.1) is 0 Å². The zero-order chi connectivity index (χ0) is 14.0. The largest absolute Gasteiger partial charge is 0.433 e. The highest BCUT2D eigenvalue weighted by Gasteiger charge is 2.32. The van der Waals surface area contributed by atoms with Gasteiger partial charge in [-0.05, 0) is 42.3 Å². The summed E-state index contributed by atoms with van der Waals surface area (Å²) < 4.78 is 37.8. The summed E-state index contributed by atoms with van der Waals surface area (Å²) in [5, 5.41) is 0. The Labute approximate surface area is 108 Å². The highest BCUT2D eigenvalue weighted by molar-refractivity contribution is 5.67. The summed E-state index contributed by atoms with van der Waals surface area (Å²) in [5.41, 5.74) is 1.72. The number of aromatic nitrogens is 2. The van der Waals surface area contributed by atoms with Gasteiger partial charge >= 0.3 is 6.18 Å². The van der Waals surface area contributed by atoms with E-state index in [4.69, 9.17) is 0 Å². The van der Waals surface area contributed by atoms with Crippen molar-refractivity contribution in [2.24, 2.45) is 0 Å². The molecule has 0 unspecified atom stereocenters. The van der Waals surface area contributed by atoms with Crippen LogP contribution in [-0.4, -0.2) is 9.97 Å². The molecule has 0 fully saturated rings. The maximum atomic E-state index is 12.6. The molecule has 5 heteroatoms. The molecule has 0 atom stereocenters. The first kappa shape index (κ1) is 13.3. The molecule has 2 aromatic heterocycles. The number of hydrogen-bond donors (Lipinski definition) is 0. The first-order valence-corrected chi connectivity index (χ1v) is 5.54. The second kappa shape index (κ2) is 4.84. The highest BCUT2D eigenvalue weighted by Crippen LogP contribution is 2.31. The van der Waals surface area contributed by atoms with Gasteiger partial charge in [-0.25, -0.2) is 0 Å². The molecule has 0 bridgehead atoms. The van der Waals surface area contributed by atoms with Crippen molar-refractivity contribution in [2.75, 3.05) is 0 Å². The van der Waals surface area contributed by atoms with Crippen molar-refractivity contribution in [2.45, 2.75) is 13.1 Å². The van der Waals surface area contributed by atoms with Crippen LogP contribution >= 0.6 is 0 Å². The molecule has 0 aliphatic rings. The van der Waals surface area contributed by atoms with Gasteiger partial charge in [-0.1, -0.05) is 6.58 Å². The lowest BCUT2D eigenvalue weighted by Crippen LogP contribution is -2.07. The molecule has 0 N–H and O–H groups in total. The van der Waals surface area contributed by atoms with Crippen molar-refractivity contribution in [1.82, 2.24) is 9.97 Å². The number of nitrogens with zero attached hydrogens (tertiary/aromatic N) is 2. The van der Waals surface area contributed by atoms with Gasteiger partial charge < -0.3 is 0 Å². The van der Waals surface area contributed by atoms with Crippen LogP contribution in [0.1, 0.15) is 17.0 Å². The lowest BCUT2D eigenvalue weighted by atomic mass is 10.0. The zero-order valence-corrected chi connectivity index (χ0v) is 10.2. The molecule has 0 aliphatic carbocycles. The van der Waals surface area contributed by atoms with Crippen molar-refractivity contribution in [3.63, 3.8) is 0 Å². The molecular weight excluding hydrogens is 253 g/mol. The van der Waals surface area contributed by atoms with E-state index in [2.05, 4.69) is 16.5 Å². The van der Waals surface area contributed by atoms with Crippen molar-refractivity contribution < 1.29 is 13.2 Å². The summed E-state index contributed by atoms with van der Waals surface area (Å²) in [6.45, 7) is 5.42. The van der Waals surface area contributed by atoms with Crippen molar-refractivity contribution in [3.8, 4) is 11.1 Å². The Balaban J connectivity index is 2.50. The van der Waals surface area contributed by atoms with E-state index >= 15 is 0 Å². The van der Waals surface area contributed by atoms with Crippen LogP contribution in [0.5, 0.6) is 0 Å². The van der Waals surface area contributed by atoms with E-state index < -0.39 is 11.9 Å². The van der Waals surface area contributed by atoms with Gasteiger partial charge in [-0.3, -0.25) is 9.97 Å². The van der Waals surface area contributed by atoms with Gasteiger partial charge in [0.15, 0.2) is 0 Å². The third-order valence-corrected chi connectivity index (χ3v) is 2.70. The van der Waals surface area contributed by atoms with E-state index in [0.29, 0.717) is 16.8 Å². The van der Waals surface area contributed by atoms with Crippen LogP contribution in [0, 0.1) is 6.92 Å². The lowest BCUT2D eigenvalue weighted by molar-refractivity contribution is -0.141. The minimum absolute atomic E-state index is 0.447. The number of aryl methyl sites for hydroxylation is 1. The van der Waals surface area contributed by atoms with Crippen LogP contribution in [0.15, 0.2) is 37.2 Å². The fourth-order valence-corrected chi connectivity index (χ4v) is 1.74. The fraction of sp³-hybridized carbons (Fsp3) is 0.143. The van der Waals surface area contributed by atoms with E-state index in [1.165, 1.54) is 6.07 Å². The van der Waals surface area contributed by atoms with Crippen LogP contribution in [-0.2, 0) is 6.18 Å². The summed E-state index contributed by atoms with van der Waals surface area (Å²) in [5.74, 6) is 0. The molecule has 0 saturated carbocycles. The summed E-state index contributed by atoms with van der Waals surface area (Å²) in [7, 11) is 0. The first-order valence-electron chi connectivity index (χ1n) is 5.54. The van der Waals surface area contributed by atoms with Crippen LogP contribution in [0.3, 0.4) is 0 Å². The lowest BCUT2D eigenvalue weighted by Gasteiger charge is -2.10. The minimum atomic E-state index is -4.45. The molecule has 0 aliphatic heterocycles. The summed E-state index contributed by atoms with van der Waals surface area (Å²) in [6.07, 6.45) is -0.163. The Morgan fingerprint density at radius 1 is 1.21 bits per heavy atom. The first-order chi connectivity index (χ1) is 8.91. The summed E-state index contributed by atoms with van der Waals surface area (Å²) in [4.78, 5) is 7.44. The van der Waals surface area contributed by atoms with Crippen molar-refractivity contribution >= 4 is 6.08 Å². The molecule has 0 saturated heterocycles. The van der Waals surface area contributed by atoms with Crippen LogP contribution in [0.4, 0.5) is 13.2 Å². The van der Waals surface area contributed by atoms with Crippen molar-refractivity contribution in [1.29, 1.82) is 0 Å². The Bertz CT molecular complexity index is 618. The van der Waals surface area contributed by atoms with Crippen LogP contribution < -0.4 is 0 Å². The molecule has 2 nitrogen and oxygen atoms in total. The quantitative estimate of drug-likeness (QED) is 0.815. The second-order valence-electron chi connectivity index (χ2n) is 4.06. The van der Waals surface area contributed by atoms with Gasteiger partial charge in [0, 0.05) is 18.0 Å². The molecule has 2 heterocycles. The minimum Gasteiger partial charge on any atom is -0.256 e. The van der Waals surface area contributed by atoms with Gasteiger partial charge in [0.2, 0.25) is 0 Å². The van der Waals surface area contributed by atoms with E-state index in [0.717, 1.165) is 17.8 Å². The van der Waals surface area contributed by atoms with Gasteiger partial charge in [0.05, 0.1) is 5.69 Å². The molecule has 0 radical (unpaired) electrons. The number of halogens is 3. The Morgan fingerprint density at radius 3 is 2.53 bits per heavy atom. The molecule has 2 rings (SSSR count). The van der Waals surface area contributed by atoms with Gasteiger partial charge in [0.25, 0.3) is 0 Å². The highest BCUT2D eigenvalue weighted by atomic mass is 19.4. The average Bonchev–Trinajstić information content (AvgIpc) is 2.37. The average molecular weight is 264 g/mol. The van der Waals surface area contributed by atoms with Crippen molar-refractivity contribution in [3.05, 3.63) is 54.1 Å². The van der Waals surface area contributed by atoms with E-state index in [1.807, 2.05) is 6.92 Å². The number of pyridine rings is 2. The molecule has 19 heavy (non-hydrogen) atoms. The zero-order valence-electron chi connectivity index (χ0n) is 10.2. The van der Waals surface area contributed by atoms with E-state index in [-0.39, 0.29) is 0 Å². The smallest absolute Gasteiger partial charge is 0.256 e. The SMILES string of the molecule is C=Cc1cc(C)c(-c2ccnc(C(F)(F)F)c2)cn1. The fourth-order valence-electron chi connectivity index (χ4n) is 1.74. The molecule has 0 amide bonds. The molecule has 2 aromatic rings. The van der Waals surface area contributed by atoms with E-state index in [9.17, 15) is 13.2 Å². The van der Waals surface area contributed by atoms with E-state index in [1.54, 1.807) is 18.3 Å². The summed E-state index contributed by atoms with van der Waals surface area (Å²) in [6, 6.07) is 4.33. The van der Waals surface area contributed by atoms with Crippen LogP contribution in [0.25, 0.3) is 17.2 Å². The molecular formula is C14H11F3N2. The van der Waals surface area contributed by atoms with Gasteiger partial charge in [0.1, 0.15) is 5.69 Å². The molecule has 0 spiro atoms. The Morgan fingerprint density at radius 2 is 1.95 bits per heavy atom. The third-order valence-electron chi connectivity index (χ3n) is 2.70. The predicted octanol–water partition coefficient (Wildman–Crippen LogP) is 4.11.